The van der Waals surface area contributed by atoms with Crippen LogP contribution in [0.5, 0.6) is 5.75 Å². The van der Waals surface area contributed by atoms with Gasteiger partial charge in [-0.1, -0.05) is 12.1 Å². The van der Waals surface area contributed by atoms with Crippen LogP contribution in [0.25, 0.3) is 0 Å². The molecule has 3 N–H and O–H groups in total. The Morgan fingerprint density at radius 1 is 1.44 bits per heavy atom. The molecule has 0 radical (unpaired) electrons. The van der Waals surface area contributed by atoms with Crippen LogP contribution >= 0.6 is 0 Å². The molecule has 0 aliphatic rings. The Labute approximate surface area is 107 Å². The van der Waals surface area contributed by atoms with Crippen molar-refractivity contribution in [1.82, 2.24) is 4.90 Å². The van der Waals surface area contributed by atoms with Gasteiger partial charge in [0.25, 0.3) is 0 Å². The van der Waals surface area contributed by atoms with E-state index in [0.717, 1.165) is 5.56 Å². The molecular formula is C13H20N2O3. The Hall–Kier alpha value is -1.59. The number of carbonyl (C=O) groups is 1. The highest BCUT2D eigenvalue weighted by molar-refractivity contribution is 5.78. The van der Waals surface area contributed by atoms with E-state index in [1.54, 1.807) is 30.2 Å². The predicted molar refractivity (Wildman–Crippen MR) is 69.3 cm³/mol. The highest BCUT2D eigenvalue weighted by Gasteiger charge is 2.13. The van der Waals surface area contributed by atoms with Crippen molar-refractivity contribution < 1.29 is 14.6 Å². The Kier molecular flexibility index (Phi) is 6.18. The Balaban J connectivity index is 2.60. The monoisotopic (exact) mass is 252 g/mol. The minimum Gasteiger partial charge on any atom is -0.508 e. The molecule has 0 aliphatic carbocycles. The molecule has 1 aromatic carbocycles. The van der Waals surface area contributed by atoms with Crippen LogP contribution in [-0.2, 0) is 16.0 Å². The van der Waals surface area contributed by atoms with E-state index >= 15 is 0 Å². The van der Waals surface area contributed by atoms with Crippen molar-refractivity contribution in [2.45, 2.75) is 6.42 Å². The largest absolute Gasteiger partial charge is 0.508 e. The first-order valence-corrected chi connectivity index (χ1v) is 5.92. The van der Waals surface area contributed by atoms with Crippen LogP contribution in [0.3, 0.4) is 0 Å². The van der Waals surface area contributed by atoms with Gasteiger partial charge in [0.2, 0.25) is 5.91 Å². The maximum Gasteiger partial charge on any atom is 0.227 e. The fourth-order valence-electron chi connectivity index (χ4n) is 1.67. The number of nitrogens with zero attached hydrogens (tertiary/aromatic N) is 1. The molecule has 0 saturated heterocycles. The van der Waals surface area contributed by atoms with Crippen LogP contribution in [0.2, 0.25) is 0 Å². The van der Waals surface area contributed by atoms with Gasteiger partial charge in [-0.25, -0.2) is 0 Å². The van der Waals surface area contributed by atoms with Crippen LogP contribution in [0.4, 0.5) is 0 Å². The van der Waals surface area contributed by atoms with Gasteiger partial charge in [-0.05, 0) is 17.7 Å². The number of phenols is 1. The summed E-state index contributed by atoms with van der Waals surface area (Å²) in [4.78, 5) is 13.7. The molecule has 1 rings (SSSR count). The summed E-state index contributed by atoms with van der Waals surface area (Å²) in [6, 6.07) is 6.71. The van der Waals surface area contributed by atoms with E-state index in [0.29, 0.717) is 26.2 Å². The lowest BCUT2D eigenvalue weighted by atomic mass is 10.1. The van der Waals surface area contributed by atoms with E-state index < -0.39 is 0 Å². The summed E-state index contributed by atoms with van der Waals surface area (Å²) < 4.78 is 4.96. The molecule has 1 aromatic rings. The second kappa shape index (κ2) is 7.68. The molecule has 18 heavy (non-hydrogen) atoms. The molecule has 5 heteroatoms. The topological polar surface area (TPSA) is 75.8 Å². The van der Waals surface area contributed by atoms with Crippen molar-refractivity contribution >= 4 is 5.91 Å². The Morgan fingerprint density at radius 3 is 2.83 bits per heavy atom. The second-order valence-corrected chi connectivity index (χ2v) is 4.01. The maximum absolute atomic E-state index is 12.1. The molecule has 100 valence electrons. The number of hydrogen-bond acceptors (Lipinski definition) is 4. The van der Waals surface area contributed by atoms with Crippen molar-refractivity contribution in [3.05, 3.63) is 29.8 Å². The van der Waals surface area contributed by atoms with Gasteiger partial charge in [-0.3, -0.25) is 4.79 Å². The van der Waals surface area contributed by atoms with Crippen LogP contribution < -0.4 is 5.73 Å². The molecule has 0 aromatic heterocycles. The minimum absolute atomic E-state index is 0.0110. The van der Waals surface area contributed by atoms with E-state index in [2.05, 4.69) is 0 Å². The zero-order valence-electron chi connectivity index (χ0n) is 10.6. The lowest BCUT2D eigenvalue weighted by molar-refractivity contribution is -0.131. The van der Waals surface area contributed by atoms with E-state index in [4.69, 9.17) is 10.5 Å². The van der Waals surface area contributed by atoms with Crippen LogP contribution in [0, 0.1) is 0 Å². The van der Waals surface area contributed by atoms with Gasteiger partial charge in [0.15, 0.2) is 0 Å². The maximum atomic E-state index is 12.1. The summed E-state index contributed by atoms with van der Waals surface area (Å²) in [5.41, 5.74) is 6.27. The van der Waals surface area contributed by atoms with Crippen molar-refractivity contribution in [3.8, 4) is 5.75 Å². The van der Waals surface area contributed by atoms with Crippen molar-refractivity contribution in [3.63, 3.8) is 0 Å². The molecule has 1 amide bonds. The number of ether oxygens (including phenoxy) is 1. The first kappa shape index (κ1) is 14.5. The quantitative estimate of drug-likeness (QED) is 0.735. The highest BCUT2D eigenvalue weighted by Crippen LogP contribution is 2.12. The summed E-state index contributed by atoms with van der Waals surface area (Å²) in [7, 11) is 1.60. The molecule has 0 aliphatic heterocycles. The van der Waals surface area contributed by atoms with Crippen molar-refractivity contribution in [1.29, 1.82) is 0 Å². The summed E-state index contributed by atoms with van der Waals surface area (Å²) >= 11 is 0. The van der Waals surface area contributed by atoms with E-state index in [1.807, 2.05) is 6.07 Å². The number of rotatable bonds is 7. The number of carbonyl (C=O) groups excluding carboxylic acids is 1. The van der Waals surface area contributed by atoms with Gasteiger partial charge >= 0.3 is 0 Å². The SMILES string of the molecule is COCCN(CCN)C(=O)Cc1cccc(O)c1. The lowest BCUT2D eigenvalue weighted by Gasteiger charge is -2.21. The summed E-state index contributed by atoms with van der Waals surface area (Å²) in [5, 5.41) is 9.34. The van der Waals surface area contributed by atoms with Crippen LogP contribution in [0.1, 0.15) is 5.56 Å². The first-order chi connectivity index (χ1) is 8.67. The molecule has 0 heterocycles. The number of aromatic hydroxyl groups is 1. The number of phenolic OH excluding ortho intramolecular Hbond substituents is 1. The third-order valence-electron chi connectivity index (χ3n) is 2.58. The molecule has 5 nitrogen and oxygen atoms in total. The zero-order chi connectivity index (χ0) is 13.4. The van der Waals surface area contributed by atoms with Gasteiger partial charge in [-0.15, -0.1) is 0 Å². The molecule has 0 saturated carbocycles. The number of nitrogens with two attached hydrogens (primary N) is 1. The van der Waals surface area contributed by atoms with Gasteiger partial charge in [0.1, 0.15) is 5.75 Å². The second-order valence-electron chi connectivity index (χ2n) is 4.01. The van der Waals surface area contributed by atoms with Gasteiger partial charge in [0, 0.05) is 26.7 Å². The fourth-order valence-corrected chi connectivity index (χ4v) is 1.67. The summed E-state index contributed by atoms with van der Waals surface area (Å²) in [6.07, 6.45) is 0.262. The lowest BCUT2D eigenvalue weighted by Crippen LogP contribution is -2.38. The normalized spacial score (nSPS) is 10.3. The molecule has 0 spiro atoms. The Bertz CT molecular complexity index is 382. The van der Waals surface area contributed by atoms with Gasteiger partial charge in [-0.2, -0.15) is 0 Å². The van der Waals surface area contributed by atoms with E-state index in [1.165, 1.54) is 0 Å². The minimum atomic E-state index is -0.0110. The molecular weight excluding hydrogens is 232 g/mol. The van der Waals surface area contributed by atoms with Gasteiger partial charge in [0.05, 0.1) is 13.0 Å². The van der Waals surface area contributed by atoms with E-state index in [9.17, 15) is 9.90 Å². The third-order valence-corrected chi connectivity index (χ3v) is 2.58. The zero-order valence-corrected chi connectivity index (χ0v) is 10.6. The highest BCUT2D eigenvalue weighted by atomic mass is 16.5. The Morgan fingerprint density at radius 2 is 2.22 bits per heavy atom. The number of benzene rings is 1. The van der Waals surface area contributed by atoms with Crippen LogP contribution in [0.15, 0.2) is 24.3 Å². The third kappa shape index (κ3) is 4.73. The van der Waals surface area contributed by atoms with Crippen molar-refractivity contribution in [2.24, 2.45) is 5.73 Å². The predicted octanol–water partition coefficient (Wildman–Crippen LogP) is 0.368. The van der Waals surface area contributed by atoms with Crippen LogP contribution in [-0.4, -0.2) is 49.3 Å². The average Bonchev–Trinajstić information content (AvgIpc) is 2.34. The van der Waals surface area contributed by atoms with Crippen molar-refractivity contribution in [2.75, 3.05) is 33.4 Å². The van der Waals surface area contributed by atoms with E-state index in [-0.39, 0.29) is 18.1 Å². The van der Waals surface area contributed by atoms with Gasteiger partial charge < -0.3 is 20.5 Å². The molecule has 0 bridgehead atoms. The molecule has 0 unspecified atom stereocenters. The summed E-state index contributed by atoms with van der Waals surface area (Å²) in [6.45, 7) is 1.97. The smallest absolute Gasteiger partial charge is 0.227 e. The fraction of sp³-hybridized carbons (Fsp3) is 0.462. The number of hydrogen-bond donors (Lipinski definition) is 2. The number of methoxy groups -OCH3 is 1. The average molecular weight is 252 g/mol. The number of amides is 1. The first-order valence-electron chi connectivity index (χ1n) is 5.92. The summed E-state index contributed by atoms with van der Waals surface area (Å²) in [5.74, 6) is 0.158. The molecule has 0 fully saturated rings. The molecule has 0 atom stereocenters. The standard InChI is InChI=1S/C13H20N2O3/c1-18-8-7-15(6-5-14)13(17)10-11-3-2-4-12(16)9-11/h2-4,9,16H,5-8,10,14H2,1H3.